The Hall–Kier alpha value is -0.690. The number of nitrogens with one attached hydrogen (secondary N) is 1. The predicted octanol–water partition coefficient (Wildman–Crippen LogP) is -0.517. The second kappa shape index (κ2) is 6.65. The normalized spacial score (nSPS) is 35.0. The Bertz CT molecular complexity index is 301. The fourth-order valence-electron chi connectivity index (χ4n) is 2.87. The van der Waals surface area contributed by atoms with Gasteiger partial charge in [0.2, 0.25) is 5.91 Å². The monoisotopic (exact) mass is 272 g/mol. The summed E-state index contributed by atoms with van der Waals surface area (Å²) >= 11 is 0. The lowest BCUT2D eigenvalue weighted by molar-refractivity contribution is -0.135. The fourth-order valence-corrected chi connectivity index (χ4v) is 2.87. The quantitative estimate of drug-likeness (QED) is 0.730. The van der Waals surface area contributed by atoms with Crippen molar-refractivity contribution < 1.29 is 19.0 Å². The zero-order valence-electron chi connectivity index (χ0n) is 11.9. The van der Waals surface area contributed by atoms with E-state index in [0.717, 1.165) is 6.54 Å². The molecule has 2 rings (SSSR count). The molecule has 2 aliphatic rings. The van der Waals surface area contributed by atoms with E-state index < -0.39 is 0 Å². The number of nitrogens with zero attached hydrogens (tertiary/aromatic N) is 1. The van der Waals surface area contributed by atoms with E-state index in [4.69, 9.17) is 14.2 Å². The fraction of sp³-hybridized carbons (Fsp3) is 0.923. The van der Waals surface area contributed by atoms with E-state index in [1.165, 1.54) is 0 Å². The van der Waals surface area contributed by atoms with Crippen LogP contribution in [0.3, 0.4) is 0 Å². The van der Waals surface area contributed by atoms with E-state index in [1.54, 1.807) is 14.2 Å². The van der Waals surface area contributed by atoms with Crippen molar-refractivity contribution in [2.75, 3.05) is 47.1 Å². The van der Waals surface area contributed by atoms with Gasteiger partial charge in [-0.2, -0.15) is 0 Å². The smallest absolute Gasteiger partial charge is 0.229 e. The SMILES string of the molecule is CCNC1COCC1C(=O)N1CC(OC)C(OC)C1. The summed E-state index contributed by atoms with van der Waals surface area (Å²) in [7, 11) is 3.32. The molecular formula is C13H24N2O4. The number of amides is 1. The number of likely N-dealkylation sites (tertiary alicyclic amines) is 1. The molecule has 0 radical (unpaired) electrons. The second-order valence-electron chi connectivity index (χ2n) is 5.10. The van der Waals surface area contributed by atoms with Crippen molar-refractivity contribution in [1.82, 2.24) is 10.2 Å². The van der Waals surface area contributed by atoms with Crippen LogP contribution in [-0.4, -0.2) is 76.1 Å². The molecule has 4 unspecified atom stereocenters. The van der Waals surface area contributed by atoms with Crippen molar-refractivity contribution in [2.45, 2.75) is 25.2 Å². The zero-order chi connectivity index (χ0) is 13.8. The molecule has 0 spiro atoms. The van der Waals surface area contributed by atoms with Gasteiger partial charge in [0.15, 0.2) is 0 Å². The van der Waals surface area contributed by atoms with E-state index in [9.17, 15) is 4.79 Å². The van der Waals surface area contributed by atoms with Gasteiger partial charge in [-0.1, -0.05) is 6.92 Å². The highest BCUT2D eigenvalue weighted by Crippen LogP contribution is 2.22. The van der Waals surface area contributed by atoms with Crippen molar-refractivity contribution in [1.29, 1.82) is 0 Å². The Kier molecular flexibility index (Phi) is 5.15. The number of methoxy groups -OCH3 is 2. The van der Waals surface area contributed by atoms with Crippen molar-refractivity contribution >= 4 is 5.91 Å². The van der Waals surface area contributed by atoms with Gasteiger partial charge in [0.25, 0.3) is 0 Å². The molecule has 2 aliphatic heterocycles. The molecule has 0 bridgehead atoms. The van der Waals surface area contributed by atoms with Crippen LogP contribution in [-0.2, 0) is 19.0 Å². The maximum atomic E-state index is 12.6. The van der Waals surface area contributed by atoms with Gasteiger partial charge in [-0.3, -0.25) is 4.79 Å². The molecule has 110 valence electrons. The average molecular weight is 272 g/mol. The van der Waals surface area contributed by atoms with Gasteiger partial charge in [-0.15, -0.1) is 0 Å². The van der Waals surface area contributed by atoms with Crippen molar-refractivity contribution in [2.24, 2.45) is 5.92 Å². The van der Waals surface area contributed by atoms with Crippen LogP contribution in [0.15, 0.2) is 0 Å². The first kappa shape index (κ1) is 14.7. The Morgan fingerprint density at radius 1 is 1.26 bits per heavy atom. The summed E-state index contributed by atoms with van der Waals surface area (Å²) in [5, 5.41) is 3.31. The molecule has 2 saturated heterocycles. The van der Waals surface area contributed by atoms with E-state index in [0.29, 0.717) is 26.3 Å². The minimum Gasteiger partial charge on any atom is -0.379 e. The number of hydrogen-bond acceptors (Lipinski definition) is 5. The minimum absolute atomic E-state index is 0.0335. The molecule has 1 N–H and O–H groups in total. The molecule has 4 atom stereocenters. The van der Waals surface area contributed by atoms with Crippen LogP contribution in [0.5, 0.6) is 0 Å². The summed E-state index contributed by atoms with van der Waals surface area (Å²) in [6, 6.07) is 0.125. The standard InChI is InChI=1S/C13H24N2O4/c1-4-14-10-8-19-7-9(10)13(16)15-5-11(17-2)12(6-15)18-3/h9-12,14H,4-8H2,1-3H3. The number of hydrogen-bond donors (Lipinski definition) is 1. The molecule has 1 amide bonds. The number of likely N-dealkylation sites (N-methyl/N-ethyl adjacent to an activating group) is 1. The average Bonchev–Trinajstić information content (AvgIpc) is 3.04. The second-order valence-corrected chi connectivity index (χ2v) is 5.10. The van der Waals surface area contributed by atoms with Crippen LogP contribution < -0.4 is 5.32 Å². The summed E-state index contributed by atoms with van der Waals surface area (Å²) in [6.07, 6.45) is -0.0669. The molecule has 0 aromatic heterocycles. The third-order valence-corrected chi connectivity index (χ3v) is 4.00. The highest BCUT2D eigenvalue weighted by atomic mass is 16.5. The largest absolute Gasteiger partial charge is 0.379 e. The van der Waals surface area contributed by atoms with E-state index in [-0.39, 0.29) is 30.1 Å². The van der Waals surface area contributed by atoms with E-state index in [1.807, 2.05) is 11.8 Å². The van der Waals surface area contributed by atoms with Gasteiger partial charge in [-0.05, 0) is 6.54 Å². The Labute approximate surface area is 114 Å². The van der Waals surface area contributed by atoms with E-state index in [2.05, 4.69) is 5.32 Å². The molecule has 2 heterocycles. The third-order valence-electron chi connectivity index (χ3n) is 4.00. The van der Waals surface area contributed by atoms with Crippen molar-refractivity contribution in [3.63, 3.8) is 0 Å². The maximum absolute atomic E-state index is 12.6. The molecule has 0 aromatic carbocycles. The predicted molar refractivity (Wildman–Crippen MR) is 69.9 cm³/mol. The molecule has 6 heteroatoms. The third kappa shape index (κ3) is 3.08. The molecule has 19 heavy (non-hydrogen) atoms. The number of ether oxygens (including phenoxy) is 3. The first-order chi connectivity index (χ1) is 9.21. The molecule has 2 fully saturated rings. The van der Waals surface area contributed by atoms with Gasteiger partial charge >= 0.3 is 0 Å². The number of carbonyl (C=O) groups excluding carboxylic acids is 1. The summed E-state index contributed by atoms with van der Waals surface area (Å²) in [5.74, 6) is 0.0538. The van der Waals surface area contributed by atoms with Crippen molar-refractivity contribution in [3.8, 4) is 0 Å². The summed E-state index contributed by atoms with van der Waals surface area (Å²) < 4.78 is 16.2. The van der Waals surface area contributed by atoms with Gasteiger partial charge in [0.1, 0.15) is 12.2 Å². The lowest BCUT2D eigenvalue weighted by atomic mass is 10.0. The van der Waals surface area contributed by atoms with Crippen LogP contribution in [0.1, 0.15) is 6.92 Å². The Morgan fingerprint density at radius 3 is 2.42 bits per heavy atom. The Balaban J connectivity index is 1.96. The highest BCUT2D eigenvalue weighted by molar-refractivity contribution is 5.80. The Morgan fingerprint density at radius 2 is 1.89 bits per heavy atom. The lowest BCUT2D eigenvalue weighted by Crippen LogP contribution is -2.45. The number of rotatable bonds is 5. The number of carbonyl (C=O) groups is 1. The molecule has 0 saturated carbocycles. The van der Waals surface area contributed by atoms with Gasteiger partial charge in [0, 0.05) is 33.4 Å². The molecule has 0 aliphatic carbocycles. The first-order valence-corrected chi connectivity index (χ1v) is 6.86. The van der Waals surface area contributed by atoms with Crippen LogP contribution >= 0.6 is 0 Å². The lowest BCUT2D eigenvalue weighted by Gasteiger charge is -2.23. The van der Waals surface area contributed by atoms with E-state index >= 15 is 0 Å². The van der Waals surface area contributed by atoms with Gasteiger partial charge < -0.3 is 24.4 Å². The van der Waals surface area contributed by atoms with Gasteiger partial charge in [0.05, 0.1) is 19.1 Å². The van der Waals surface area contributed by atoms with Crippen LogP contribution in [0.2, 0.25) is 0 Å². The summed E-state index contributed by atoms with van der Waals surface area (Å²) in [6.45, 7) is 5.20. The van der Waals surface area contributed by atoms with Crippen LogP contribution in [0.25, 0.3) is 0 Å². The molecular weight excluding hydrogens is 248 g/mol. The minimum atomic E-state index is -0.0898. The maximum Gasteiger partial charge on any atom is 0.229 e. The first-order valence-electron chi connectivity index (χ1n) is 6.86. The van der Waals surface area contributed by atoms with Crippen LogP contribution in [0.4, 0.5) is 0 Å². The topological polar surface area (TPSA) is 60.0 Å². The molecule has 0 aromatic rings. The zero-order valence-corrected chi connectivity index (χ0v) is 11.9. The van der Waals surface area contributed by atoms with Crippen LogP contribution in [0, 0.1) is 5.92 Å². The summed E-state index contributed by atoms with van der Waals surface area (Å²) in [4.78, 5) is 14.4. The highest BCUT2D eigenvalue weighted by Gasteiger charge is 2.41. The van der Waals surface area contributed by atoms with Crippen molar-refractivity contribution in [3.05, 3.63) is 0 Å². The van der Waals surface area contributed by atoms with Gasteiger partial charge in [-0.25, -0.2) is 0 Å². The summed E-state index contributed by atoms with van der Waals surface area (Å²) in [5.41, 5.74) is 0. The molecule has 6 nitrogen and oxygen atoms in total.